The first kappa shape index (κ1) is 22.5. The zero-order valence-corrected chi connectivity index (χ0v) is 17.6. The van der Waals surface area contributed by atoms with Gasteiger partial charge in [0.15, 0.2) is 0 Å². The van der Waals surface area contributed by atoms with E-state index in [0.717, 1.165) is 16.4 Å². The molecule has 0 spiro atoms. The lowest BCUT2D eigenvalue weighted by atomic mass is 9.76. The molecule has 1 heterocycles. The molecule has 30 heavy (non-hydrogen) atoms. The largest absolute Gasteiger partial charge is 0.493 e. The molecule has 1 aliphatic rings. The van der Waals surface area contributed by atoms with Crippen LogP contribution in [-0.4, -0.2) is 38.3 Å². The van der Waals surface area contributed by atoms with Crippen LogP contribution in [0.25, 0.3) is 0 Å². The molecule has 10 heteroatoms. The Morgan fingerprint density at radius 3 is 2.47 bits per heavy atom. The number of nitrogens with two attached hydrogens (primary N) is 1. The molecule has 1 aliphatic heterocycles. The van der Waals surface area contributed by atoms with Gasteiger partial charge in [0.25, 0.3) is 0 Å². The van der Waals surface area contributed by atoms with E-state index in [1.54, 1.807) is 24.3 Å². The Labute approximate surface area is 178 Å². The number of halogens is 3. The van der Waals surface area contributed by atoms with E-state index in [-0.39, 0.29) is 26.1 Å². The lowest BCUT2D eigenvalue weighted by Gasteiger charge is -2.40. The summed E-state index contributed by atoms with van der Waals surface area (Å²) in [6.07, 6.45) is 0.601. The summed E-state index contributed by atoms with van der Waals surface area (Å²) in [4.78, 5) is 11.1. The first-order valence-corrected chi connectivity index (χ1v) is 11.1. The predicted octanol–water partition coefficient (Wildman–Crippen LogP) is 3.34. The number of benzene rings is 2. The maximum Gasteiger partial charge on any atom is 0.245 e. The number of carbonyl (C=O) groups is 1. The lowest BCUT2D eigenvalue weighted by molar-refractivity contribution is -0.121. The molecule has 2 aromatic rings. The summed E-state index contributed by atoms with van der Waals surface area (Å²) in [7, 11) is -4.14. The first-order valence-electron chi connectivity index (χ1n) is 9.23. The molecular weight excluding hydrogens is 438 g/mol. The van der Waals surface area contributed by atoms with Crippen molar-refractivity contribution < 1.29 is 26.7 Å². The number of rotatable bonds is 7. The number of amides is 1. The van der Waals surface area contributed by atoms with Crippen LogP contribution in [0.4, 0.5) is 8.78 Å². The number of sulfonamides is 1. The van der Waals surface area contributed by atoms with Gasteiger partial charge in [-0.1, -0.05) is 17.7 Å². The van der Waals surface area contributed by atoms with Gasteiger partial charge in [-0.25, -0.2) is 17.2 Å². The van der Waals surface area contributed by atoms with Gasteiger partial charge in [-0.15, -0.1) is 0 Å². The average molecular weight is 459 g/mol. The van der Waals surface area contributed by atoms with Gasteiger partial charge in [0.05, 0.1) is 6.61 Å². The van der Waals surface area contributed by atoms with Gasteiger partial charge in [0, 0.05) is 36.0 Å². The maximum atomic E-state index is 14.0. The normalized spacial score (nSPS) is 16.9. The molecule has 2 aromatic carbocycles. The van der Waals surface area contributed by atoms with Crippen molar-refractivity contribution in [2.75, 3.05) is 19.7 Å². The fraction of sp³-hybridized carbons (Fsp3) is 0.350. The standard InChI is InChI=1S/C20H21ClF2N2O4S/c21-14-2-1-3-16(10-14)29-13-20(12-19(24)26)6-8-25(9-7-20)30(27,28)18-5-4-15(22)11-17(18)23/h1-5,10-11H,6-9,12-13H2,(H2,24,26). The van der Waals surface area contributed by atoms with E-state index in [1.807, 2.05) is 0 Å². The molecule has 1 fully saturated rings. The van der Waals surface area contributed by atoms with Crippen LogP contribution in [0.3, 0.4) is 0 Å². The third kappa shape index (κ3) is 5.08. The summed E-state index contributed by atoms with van der Waals surface area (Å²) in [5.41, 5.74) is 4.75. The van der Waals surface area contributed by atoms with E-state index in [1.165, 1.54) is 0 Å². The highest BCUT2D eigenvalue weighted by Crippen LogP contribution is 2.38. The van der Waals surface area contributed by atoms with E-state index in [9.17, 15) is 22.0 Å². The van der Waals surface area contributed by atoms with E-state index in [2.05, 4.69) is 0 Å². The second-order valence-corrected chi connectivity index (χ2v) is 9.71. The first-order chi connectivity index (χ1) is 14.1. The van der Waals surface area contributed by atoms with E-state index < -0.39 is 37.9 Å². The molecule has 3 rings (SSSR count). The van der Waals surface area contributed by atoms with Gasteiger partial charge in [-0.2, -0.15) is 4.31 Å². The lowest BCUT2D eigenvalue weighted by Crippen LogP contribution is -2.47. The van der Waals surface area contributed by atoms with Crippen molar-refractivity contribution in [3.63, 3.8) is 0 Å². The van der Waals surface area contributed by atoms with E-state index in [0.29, 0.717) is 29.7 Å². The van der Waals surface area contributed by atoms with Crippen LogP contribution < -0.4 is 10.5 Å². The molecule has 0 atom stereocenters. The molecule has 0 aliphatic carbocycles. The monoisotopic (exact) mass is 458 g/mol. The highest BCUT2D eigenvalue weighted by Gasteiger charge is 2.41. The zero-order valence-electron chi connectivity index (χ0n) is 16.0. The highest BCUT2D eigenvalue weighted by atomic mass is 35.5. The van der Waals surface area contributed by atoms with Crippen LogP contribution in [0, 0.1) is 17.0 Å². The summed E-state index contributed by atoms with van der Waals surface area (Å²) in [6, 6.07) is 9.13. The number of piperidine rings is 1. The fourth-order valence-electron chi connectivity index (χ4n) is 3.56. The summed E-state index contributed by atoms with van der Waals surface area (Å²) in [5.74, 6) is -2.00. The molecule has 0 saturated carbocycles. The minimum absolute atomic E-state index is 0.0202. The van der Waals surface area contributed by atoms with E-state index >= 15 is 0 Å². The molecule has 0 aromatic heterocycles. The van der Waals surface area contributed by atoms with E-state index in [4.69, 9.17) is 22.1 Å². The molecule has 0 unspecified atom stereocenters. The Balaban J connectivity index is 1.75. The Kier molecular flexibility index (Phi) is 6.64. The number of hydrogen-bond acceptors (Lipinski definition) is 4. The van der Waals surface area contributed by atoms with Gasteiger partial charge in [0.2, 0.25) is 15.9 Å². The van der Waals surface area contributed by atoms with Crippen LogP contribution >= 0.6 is 11.6 Å². The fourth-order valence-corrected chi connectivity index (χ4v) is 5.23. The second kappa shape index (κ2) is 8.87. The van der Waals surface area contributed by atoms with Gasteiger partial charge < -0.3 is 10.5 Å². The van der Waals surface area contributed by atoms with Crippen LogP contribution in [-0.2, 0) is 14.8 Å². The number of carbonyl (C=O) groups excluding carboxylic acids is 1. The van der Waals surface area contributed by atoms with Crippen molar-refractivity contribution in [3.05, 3.63) is 59.1 Å². The molecule has 6 nitrogen and oxygen atoms in total. The minimum Gasteiger partial charge on any atom is -0.493 e. The van der Waals surface area contributed by atoms with Crippen molar-refractivity contribution in [3.8, 4) is 5.75 Å². The predicted molar refractivity (Wildman–Crippen MR) is 108 cm³/mol. The summed E-state index contributed by atoms with van der Waals surface area (Å²) in [6.45, 7) is 0.242. The molecule has 0 bridgehead atoms. The molecule has 1 saturated heterocycles. The number of ether oxygens (including phenoxy) is 1. The summed E-state index contributed by atoms with van der Waals surface area (Å²) < 4.78 is 59.7. The highest BCUT2D eigenvalue weighted by molar-refractivity contribution is 7.89. The third-order valence-corrected chi connectivity index (χ3v) is 7.35. The van der Waals surface area contributed by atoms with Gasteiger partial charge in [0.1, 0.15) is 22.3 Å². The van der Waals surface area contributed by atoms with Crippen LogP contribution in [0.2, 0.25) is 5.02 Å². The number of nitrogens with zero attached hydrogens (tertiary/aromatic N) is 1. The minimum atomic E-state index is -4.14. The Bertz CT molecular complexity index is 1040. The second-order valence-electron chi connectivity index (χ2n) is 7.37. The van der Waals surface area contributed by atoms with Gasteiger partial charge in [-0.05, 0) is 43.2 Å². The molecule has 1 amide bonds. The Morgan fingerprint density at radius 1 is 1.17 bits per heavy atom. The maximum absolute atomic E-state index is 14.0. The number of primary amides is 1. The SMILES string of the molecule is NC(=O)CC1(COc2cccc(Cl)c2)CCN(S(=O)(=O)c2ccc(F)cc2F)CC1. The van der Waals surface area contributed by atoms with Crippen molar-refractivity contribution >= 4 is 27.5 Å². The molecule has 2 N–H and O–H groups in total. The van der Waals surface area contributed by atoms with Gasteiger partial charge in [-0.3, -0.25) is 4.79 Å². The Hall–Kier alpha value is -2.23. The van der Waals surface area contributed by atoms with Crippen molar-refractivity contribution in [2.24, 2.45) is 11.1 Å². The summed E-state index contributed by atoms with van der Waals surface area (Å²) in [5, 5.41) is 0.499. The third-order valence-electron chi connectivity index (χ3n) is 5.19. The van der Waals surface area contributed by atoms with Gasteiger partial charge >= 0.3 is 0 Å². The van der Waals surface area contributed by atoms with Crippen molar-refractivity contribution in [1.29, 1.82) is 0 Å². The quantitative estimate of drug-likeness (QED) is 0.689. The smallest absolute Gasteiger partial charge is 0.245 e. The van der Waals surface area contributed by atoms with Crippen LogP contribution in [0.15, 0.2) is 47.4 Å². The van der Waals surface area contributed by atoms with Crippen molar-refractivity contribution in [2.45, 2.75) is 24.2 Å². The zero-order chi connectivity index (χ0) is 21.9. The number of hydrogen-bond donors (Lipinski definition) is 1. The Morgan fingerprint density at radius 2 is 1.87 bits per heavy atom. The van der Waals surface area contributed by atoms with Crippen LogP contribution in [0.1, 0.15) is 19.3 Å². The molecule has 0 radical (unpaired) electrons. The average Bonchev–Trinajstić information content (AvgIpc) is 2.66. The molecule has 162 valence electrons. The topological polar surface area (TPSA) is 89.7 Å². The van der Waals surface area contributed by atoms with Crippen molar-refractivity contribution in [1.82, 2.24) is 4.31 Å². The molecular formula is C20H21ClF2N2O4S. The van der Waals surface area contributed by atoms with Crippen LogP contribution in [0.5, 0.6) is 5.75 Å². The summed E-state index contributed by atoms with van der Waals surface area (Å²) >= 11 is 5.95.